The molecule has 8 nitrogen and oxygen atoms in total. The largest absolute Gasteiger partial charge is 0.481 e. The topological polar surface area (TPSA) is 122 Å². The highest BCUT2D eigenvalue weighted by Gasteiger charge is 2.18. The summed E-state index contributed by atoms with van der Waals surface area (Å²) >= 11 is 0. The fourth-order valence-corrected chi connectivity index (χ4v) is 2.26. The summed E-state index contributed by atoms with van der Waals surface area (Å²) in [5, 5.41) is 13.2. The Bertz CT molecular complexity index is 764. The fraction of sp³-hybridized carbons (Fsp3) is 0.235. The first-order valence-electron chi connectivity index (χ1n) is 7.56. The monoisotopic (exact) mass is 343 g/mol. The zero-order valence-corrected chi connectivity index (χ0v) is 14.3. The van der Waals surface area contributed by atoms with Gasteiger partial charge in [0.2, 0.25) is 11.8 Å². The van der Waals surface area contributed by atoms with Gasteiger partial charge in [0.1, 0.15) is 11.4 Å². The number of nitrogens with zero attached hydrogens (tertiary/aromatic N) is 1. The Hall–Kier alpha value is -3.29. The number of aromatic nitrogens is 1. The molecule has 2 rings (SSSR count). The van der Waals surface area contributed by atoms with Crippen molar-refractivity contribution in [3.63, 3.8) is 0 Å². The van der Waals surface area contributed by atoms with Crippen molar-refractivity contribution in [3.8, 4) is 5.88 Å². The van der Waals surface area contributed by atoms with Crippen LogP contribution in [-0.2, 0) is 4.74 Å². The predicted molar refractivity (Wildman–Crippen MR) is 96.1 cm³/mol. The Balaban J connectivity index is 2.13. The zero-order valence-electron chi connectivity index (χ0n) is 14.3. The van der Waals surface area contributed by atoms with Crippen LogP contribution in [0.2, 0.25) is 0 Å². The molecular formula is C17H21N5O3. The van der Waals surface area contributed by atoms with Crippen LogP contribution in [0.3, 0.4) is 0 Å². The normalized spacial score (nSPS) is 11.3. The van der Waals surface area contributed by atoms with Crippen molar-refractivity contribution in [2.75, 3.05) is 25.3 Å². The second-order valence-electron chi connectivity index (χ2n) is 5.25. The average molecular weight is 343 g/mol. The van der Waals surface area contributed by atoms with Crippen molar-refractivity contribution in [1.29, 1.82) is 5.41 Å². The van der Waals surface area contributed by atoms with E-state index in [-0.39, 0.29) is 34.9 Å². The number of urea groups is 1. The van der Waals surface area contributed by atoms with E-state index in [1.807, 2.05) is 37.3 Å². The zero-order chi connectivity index (χ0) is 18.4. The molecule has 1 aromatic carbocycles. The third-order valence-electron chi connectivity index (χ3n) is 3.53. The van der Waals surface area contributed by atoms with E-state index >= 15 is 0 Å². The maximum Gasteiger partial charge on any atom is 0.320 e. The number of nitrogens with one attached hydrogen (secondary N) is 3. The second-order valence-corrected chi connectivity index (χ2v) is 5.25. The minimum absolute atomic E-state index is 0.0956. The molecule has 0 fully saturated rings. The summed E-state index contributed by atoms with van der Waals surface area (Å²) in [5.41, 5.74) is 7.35. The van der Waals surface area contributed by atoms with Crippen LogP contribution in [0.5, 0.6) is 5.88 Å². The van der Waals surface area contributed by atoms with Crippen molar-refractivity contribution in [2.45, 2.75) is 13.0 Å². The Morgan fingerprint density at radius 3 is 2.56 bits per heavy atom. The number of carbonyl (C=O) groups is 1. The number of nitrogens with two attached hydrogens (primary N) is 1. The molecule has 2 amide bonds. The maximum absolute atomic E-state index is 12.2. The van der Waals surface area contributed by atoms with Gasteiger partial charge in [0.25, 0.3) is 0 Å². The van der Waals surface area contributed by atoms with Gasteiger partial charge < -0.3 is 20.5 Å². The van der Waals surface area contributed by atoms with Crippen LogP contribution in [0.4, 0.5) is 16.3 Å². The van der Waals surface area contributed by atoms with E-state index in [4.69, 9.17) is 20.6 Å². The van der Waals surface area contributed by atoms with E-state index < -0.39 is 6.03 Å². The van der Waals surface area contributed by atoms with E-state index in [1.54, 1.807) is 0 Å². The quantitative estimate of drug-likeness (QED) is 0.491. The van der Waals surface area contributed by atoms with Gasteiger partial charge in [-0.2, -0.15) is 4.98 Å². The van der Waals surface area contributed by atoms with E-state index in [0.29, 0.717) is 0 Å². The Kier molecular flexibility index (Phi) is 5.78. The number of pyridine rings is 1. The molecule has 0 saturated carbocycles. The third kappa shape index (κ3) is 4.37. The van der Waals surface area contributed by atoms with Gasteiger partial charge >= 0.3 is 6.03 Å². The minimum atomic E-state index is -0.431. The van der Waals surface area contributed by atoms with Crippen molar-refractivity contribution in [1.82, 2.24) is 10.3 Å². The van der Waals surface area contributed by atoms with Gasteiger partial charge in [0, 0.05) is 6.07 Å². The minimum Gasteiger partial charge on any atom is -0.481 e. The van der Waals surface area contributed by atoms with Crippen LogP contribution in [0, 0.1) is 5.41 Å². The van der Waals surface area contributed by atoms with Crippen molar-refractivity contribution in [3.05, 3.63) is 47.5 Å². The lowest BCUT2D eigenvalue weighted by Gasteiger charge is -2.16. The van der Waals surface area contributed by atoms with E-state index in [2.05, 4.69) is 15.6 Å². The van der Waals surface area contributed by atoms with Crippen LogP contribution < -0.4 is 21.1 Å². The van der Waals surface area contributed by atoms with Gasteiger partial charge in [0.05, 0.1) is 25.9 Å². The molecule has 0 spiro atoms. The molecule has 25 heavy (non-hydrogen) atoms. The highest BCUT2D eigenvalue weighted by atomic mass is 16.5. The summed E-state index contributed by atoms with van der Waals surface area (Å²) in [6, 6.07) is 10.4. The molecule has 0 aliphatic heterocycles. The van der Waals surface area contributed by atoms with E-state index in [0.717, 1.165) is 5.56 Å². The maximum atomic E-state index is 12.2. The lowest BCUT2D eigenvalue weighted by molar-refractivity contribution is 0.249. The number of carbonyl (C=O) groups excluding carboxylic acids is 1. The van der Waals surface area contributed by atoms with Gasteiger partial charge in [-0.15, -0.1) is 0 Å². The molecule has 1 atom stereocenters. The predicted octanol–water partition coefficient (Wildman–Crippen LogP) is 2.53. The molecule has 8 heteroatoms. The molecule has 5 N–H and O–H groups in total. The Labute approximate surface area is 145 Å². The first-order valence-corrected chi connectivity index (χ1v) is 7.56. The van der Waals surface area contributed by atoms with Crippen LogP contribution in [-0.4, -0.2) is 31.1 Å². The number of anilines is 2. The summed E-state index contributed by atoms with van der Waals surface area (Å²) in [6.45, 7) is 1.88. The number of nitrogen functional groups attached to an aromatic ring is 1. The van der Waals surface area contributed by atoms with Gasteiger partial charge in [-0.1, -0.05) is 30.3 Å². The number of ether oxygens (including phenoxy) is 2. The van der Waals surface area contributed by atoms with Gasteiger partial charge in [-0.05, 0) is 12.5 Å². The number of methoxy groups -OCH3 is 2. The second kappa shape index (κ2) is 8.00. The van der Waals surface area contributed by atoms with Gasteiger partial charge in [0.15, 0.2) is 0 Å². The molecule has 0 bridgehead atoms. The lowest BCUT2D eigenvalue weighted by Crippen LogP contribution is -2.31. The number of benzene rings is 1. The van der Waals surface area contributed by atoms with Gasteiger partial charge in [-0.25, -0.2) is 4.79 Å². The summed E-state index contributed by atoms with van der Waals surface area (Å²) in [6.07, 6.45) is 0. The Morgan fingerprint density at radius 2 is 1.96 bits per heavy atom. The molecular weight excluding hydrogens is 322 g/mol. The van der Waals surface area contributed by atoms with Crippen LogP contribution in [0.25, 0.3) is 0 Å². The summed E-state index contributed by atoms with van der Waals surface area (Å²) in [5.74, 6) is 0.133. The van der Waals surface area contributed by atoms with Crippen molar-refractivity contribution in [2.24, 2.45) is 0 Å². The summed E-state index contributed by atoms with van der Waals surface area (Å²) in [7, 11) is 2.75. The number of amides is 2. The average Bonchev–Trinajstić information content (AvgIpc) is 2.61. The molecule has 132 valence electrons. The number of hydrogen-bond donors (Lipinski definition) is 4. The molecule has 0 saturated heterocycles. The van der Waals surface area contributed by atoms with Crippen molar-refractivity contribution < 1.29 is 14.3 Å². The van der Waals surface area contributed by atoms with Crippen LogP contribution in [0.1, 0.15) is 24.1 Å². The smallest absolute Gasteiger partial charge is 0.320 e. The first-order chi connectivity index (χ1) is 12.0. The van der Waals surface area contributed by atoms with E-state index in [1.165, 1.54) is 20.3 Å². The van der Waals surface area contributed by atoms with Crippen LogP contribution in [0.15, 0.2) is 36.4 Å². The number of hydrogen-bond acceptors (Lipinski definition) is 6. The van der Waals surface area contributed by atoms with Crippen LogP contribution >= 0.6 is 0 Å². The summed E-state index contributed by atoms with van der Waals surface area (Å²) in [4.78, 5) is 16.3. The molecule has 1 aromatic heterocycles. The first kappa shape index (κ1) is 18.1. The van der Waals surface area contributed by atoms with Crippen molar-refractivity contribution >= 4 is 23.4 Å². The fourth-order valence-electron chi connectivity index (χ4n) is 2.26. The molecule has 0 unspecified atom stereocenters. The van der Waals surface area contributed by atoms with Gasteiger partial charge in [-0.3, -0.25) is 10.7 Å². The third-order valence-corrected chi connectivity index (χ3v) is 3.53. The molecule has 0 radical (unpaired) electrons. The lowest BCUT2D eigenvalue weighted by atomic mass is 10.1. The molecule has 0 aliphatic rings. The summed E-state index contributed by atoms with van der Waals surface area (Å²) < 4.78 is 10.0. The molecule has 0 aliphatic carbocycles. The Morgan fingerprint density at radius 1 is 1.28 bits per heavy atom. The highest BCUT2D eigenvalue weighted by Crippen LogP contribution is 2.26. The standard InChI is InChI=1S/C17H21N5O3/c1-10(11-7-5-4-6-8-11)20-17(23)22-13-9-12(18)14(15(19)24-2)16(21-13)25-3/h4-10,19H,1-3H3,(H4,18,20,21,22,23)/t10-/m1/s1. The highest BCUT2D eigenvalue weighted by molar-refractivity contribution is 6.00. The number of rotatable bonds is 5. The van der Waals surface area contributed by atoms with E-state index in [9.17, 15) is 4.79 Å². The molecule has 1 heterocycles. The molecule has 2 aromatic rings. The SMILES string of the molecule is COC(=N)c1c(N)cc(NC(=O)N[C@H](C)c2ccccc2)nc1OC.